The van der Waals surface area contributed by atoms with Gasteiger partial charge in [-0.15, -0.1) is 0 Å². The van der Waals surface area contributed by atoms with Crippen LogP contribution in [0.1, 0.15) is 36.5 Å². The van der Waals surface area contributed by atoms with Gasteiger partial charge < -0.3 is 4.74 Å². The van der Waals surface area contributed by atoms with Gasteiger partial charge in [0.1, 0.15) is 5.75 Å². The van der Waals surface area contributed by atoms with E-state index in [1.165, 1.54) is 0 Å². The van der Waals surface area contributed by atoms with Crippen molar-refractivity contribution >= 4 is 15.7 Å². The van der Waals surface area contributed by atoms with E-state index in [0.717, 1.165) is 30.4 Å². The average molecular weight is 440 g/mol. The van der Waals surface area contributed by atoms with E-state index in [1.54, 1.807) is 43.3 Å². The number of nitrogens with one attached hydrogen (secondary N) is 2. The molecule has 0 spiro atoms. The number of sulfonamides is 1. The lowest BCUT2D eigenvalue weighted by Gasteiger charge is -2.18. The molecule has 4 rings (SSSR count). The molecule has 0 bridgehead atoms. The number of rotatable bonds is 6. The molecule has 31 heavy (non-hydrogen) atoms. The van der Waals surface area contributed by atoms with Crippen LogP contribution in [0.4, 0.5) is 5.69 Å². The van der Waals surface area contributed by atoms with Crippen molar-refractivity contribution in [2.75, 3.05) is 11.3 Å². The lowest BCUT2D eigenvalue weighted by Crippen LogP contribution is -2.21. The summed E-state index contributed by atoms with van der Waals surface area (Å²) in [7, 11) is -3.87. The molecule has 0 amide bonds. The zero-order valence-corrected chi connectivity index (χ0v) is 18.4. The predicted molar refractivity (Wildman–Crippen MR) is 120 cm³/mol. The first kappa shape index (κ1) is 21.1. The molecule has 0 fully saturated rings. The van der Waals surface area contributed by atoms with Gasteiger partial charge >= 0.3 is 0 Å². The maximum absolute atomic E-state index is 13.3. The molecule has 1 aromatic heterocycles. The smallest absolute Gasteiger partial charge is 0.267 e. The highest BCUT2D eigenvalue weighted by molar-refractivity contribution is 7.92. The molecule has 0 atom stereocenters. The highest BCUT2D eigenvalue weighted by atomic mass is 32.2. The average Bonchev–Trinajstić information content (AvgIpc) is 2.76. The van der Waals surface area contributed by atoms with Crippen LogP contribution in [0, 0.1) is 6.92 Å². The Morgan fingerprint density at radius 2 is 1.84 bits per heavy atom. The van der Waals surface area contributed by atoms with Gasteiger partial charge in [-0.25, -0.2) is 13.5 Å². The van der Waals surface area contributed by atoms with Crippen molar-refractivity contribution in [3.8, 4) is 17.0 Å². The van der Waals surface area contributed by atoms with Crippen molar-refractivity contribution in [2.24, 2.45) is 0 Å². The molecule has 0 aliphatic heterocycles. The van der Waals surface area contributed by atoms with Crippen molar-refractivity contribution < 1.29 is 13.2 Å². The van der Waals surface area contributed by atoms with Crippen LogP contribution in [0.5, 0.6) is 5.75 Å². The summed E-state index contributed by atoms with van der Waals surface area (Å²) in [5.74, 6) is 0.471. The summed E-state index contributed by atoms with van der Waals surface area (Å²) in [6.07, 6.45) is 3.43. The lowest BCUT2D eigenvalue weighted by atomic mass is 9.90. The van der Waals surface area contributed by atoms with E-state index in [9.17, 15) is 13.2 Å². The largest absolute Gasteiger partial charge is 0.492 e. The molecule has 1 heterocycles. The number of hydrogen-bond donors (Lipinski definition) is 2. The molecule has 1 aliphatic carbocycles. The van der Waals surface area contributed by atoms with Crippen LogP contribution >= 0.6 is 0 Å². The quantitative estimate of drug-likeness (QED) is 0.608. The number of hydrogen-bond acceptors (Lipinski definition) is 5. The minimum absolute atomic E-state index is 0.160. The van der Waals surface area contributed by atoms with Crippen molar-refractivity contribution in [3.05, 3.63) is 69.5 Å². The van der Waals surface area contributed by atoms with E-state index >= 15 is 0 Å². The van der Waals surface area contributed by atoms with Crippen LogP contribution in [0.3, 0.4) is 0 Å². The lowest BCUT2D eigenvalue weighted by molar-refractivity contribution is 0.342. The van der Waals surface area contributed by atoms with Crippen LogP contribution in [0.25, 0.3) is 11.3 Å². The fourth-order valence-electron chi connectivity index (χ4n) is 3.97. The van der Waals surface area contributed by atoms with Gasteiger partial charge in [-0.2, -0.15) is 5.10 Å². The number of aryl methyl sites for hydroxylation is 1. The van der Waals surface area contributed by atoms with Crippen LogP contribution in [0.2, 0.25) is 0 Å². The molecule has 2 N–H and O–H groups in total. The Kier molecular flexibility index (Phi) is 5.82. The summed E-state index contributed by atoms with van der Waals surface area (Å²) in [6.45, 7) is 4.02. The zero-order valence-electron chi connectivity index (χ0n) is 17.6. The van der Waals surface area contributed by atoms with E-state index in [1.807, 2.05) is 13.0 Å². The van der Waals surface area contributed by atoms with E-state index in [-0.39, 0.29) is 10.5 Å². The van der Waals surface area contributed by atoms with Crippen molar-refractivity contribution in [1.29, 1.82) is 0 Å². The number of H-pyrrole nitrogens is 1. The molecule has 0 radical (unpaired) electrons. The highest BCUT2D eigenvalue weighted by Crippen LogP contribution is 2.32. The number of anilines is 1. The van der Waals surface area contributed by atoms with Gasteiger partial charge in [-0.05, 0) is 68.9 Å². The summed E-state index contributed by atoms with van der Waals surface area (Å²) in [6, 6.07) is 12.2. The molecule has 0 saturated carbocycles. The minimum atomic E-state index is -3.87. The molecule has 8 heteroatoms. The minimum Gasteiger partial charge on any atom is -0.492 e. The van der Waals surface area contributed by atoms with Gasteiger partial charge in [0.2, 0.25) is 0 Å². The summed E-state index contributed by atoms with van der Waals surface area (Å²) in [4.78, 5) is 12.3. The number of benzene rings is 2. The molecule has 0 saturated heterocycles. The number of para-hydroxylation sites is 2. The molecule has 3 aromatic rings. The van der Waals surface area contributed by atoms with E-state index in [4.69, 9.17) is 4.74 Å². The number of fused-ring (bicyclic) bond motifs is 1. The maximum Gasteiger partial charge on any atom is 0.267 e. The number of ether oxygens (including phenoxy) is 1. The topological polar surface area (TPSA) is 101 Å². The Morgan fingerprint density at radius 1 is 1.10 bits per heavy atom. The number of nitrogens with zero attached hydrogens (tertiary/aromatic N) is 1. The van der Waals surface area contributed by atoms with Gasteiger partial charge in [0, 0.05) is 11.1 Å². The number of aromatic nitrogens is 2. The summed E-state index contributed by atoms with van der Waals surface area (Å²) in [5, 5.41) is 6.84. The summed E-state index contributed by atoms with van der Waals surface area (Å²) >= 11 is 0. The molecule has 162 valence electrons. The van der Waals surface area contributed by atoms with E-state index in [2.05, 4.69) is 14.9 Å². The second kappa shape index (κ2) is 8.55. The third kappa shape index (κ3) is 4.20. The first-order valence-corrected chi connectivity index (χ1v) is 11.8. The Hall–Kier alpha value is -3.13. The molecule has 7 nitrogen and oxygen atoms in total. The normalized spacial score (nSPS) is 13.5. The van der Waals surface area contributed by atoms with Gasteiger partial charge in [0.25, 0.3) is 15.6 Å². The van der Waals surface area contributed by atoms with Crippen molar-refractivity contribution in [1.82, 2.24) is 10.2 Å². The Bertz CT molecular complexity index is 1280. The second-order valence-corrected chi connectivity index (χ2v) is 9.23. The van der Waals surface area contributed by atoms with Gasteiger partial charge in [-0.3, -0.25) is 9.52 Å². The molecular weight excluding hydrogens is 414 g/mol. The Labute approximate surface area is 181 Å². The summed E-state index contributed by atoms with van der Waals surface area (Å²) in [5.41, 5.74) is 3.81. The molecule has 0 unspecified atom stereocenters. The Morgan fingerprint density at radius 3 is 2.61 bits per heavy atom. The van der Waals surface area contributed by atoms with E-state index < -0.39 is 10.0 Å². The van der Waals surface area contributed by atoms with Crippen molar-refractivity contribution in [2.45, 2.75) is 44.4 Å². The SMILES string of the molecule is CCOc1ccccc1NS(=O)(=O)c1cc(-c2n[nH]c(=O)c3c2CCCC3)ccc1C. The van der Waals surface area contributed by atoms with Crippen LogP contribution < -0.4 is 15.0 Å². The first-order chi connectivity index (χ1) is 14.9. The number of aromatic amines is 1. The van der Waals surface area contributed by atoms with Gasteiger partial charge in [0.15, 0.2) is 0 Å². The fraction of sp³-hybridized carbons (Fsp3) is 0.304. The fourth-order valence-corrected chi connectivity index (χ4v) is 5.31. The first-order valence-electron chi connectivity index (χ1n) is 10.4. The van der Waals surface area contributed by atoms with E-state index in [0.29, 0.717) is 41.3 Å². The molecule has 1 aliphatic rings. The zero-order chi connectivity index (χ0) is 22.0. The molecule has 2 aromatic carbocycles. The van der Waals surface area contributed by atoms with Gasteiger partial charge in [-0.1, -0.05) is 24.3 Å². The standard InChI is InChI=1S/C23H25N3O4S/c1-3-30-20-11-7-6-10-19(20)26-31(28,29)21-14-16(13-12-15(21)2)22-17-8-4-5-9-18(17)23(27)25-24-22/h6-7,10-14,26H,3-5,8-9H2,1-2H3,(H,25,27). The third-order valence-corrected chi connectivity index (χ3v) is 6.99. The van der Waals surface area contributed by atoms with Crippen LogP contribution in [0.15, 0.2) is 52.2 Å². The second-order valence-electron chi connectivity index (χ2n) is 7.58. The van der Waals surface area contributed by atoms with Crippen LogP contribution in [-0.2, 0) is 22.9 Å². The monoisotopic (exact) mass is 439 g/mol. The summed E-state index contributed by atoms with van der Waals surface area (Å²) < 4.78 is 34.7. The third-order valence-electron chi connectivity index (χ3n) is 5.48. The maximum atomic E-state index is 13.3. The van der Waals surface area contributed by atoms with Crippen LogP contribution in [-0.4, -0.2) is 25.2 Å². The predicted octanol–water partition coefficient (Wildman–Crippen LogP) is 3.82. The molecular formula is C23H25N3O4S. The highest BCUT2D eigenvalue weighted by Gasteiger charge is 2.23. The van der Waals surface area contributed by atoms with Gasteiger partial charge in [0.05, 0.1) is 22.9 Å². The van der Waals surface area contributed by atoms with Crippen molar-refractivity contribution in [3.63, 3.8) is 0 Å². The Balaban J connectivity index is 1.77.